The van der Waals surface area contributed by atoms with Gasteiger partial charge >= 0.3 is 5.97 Å². The predicted molar refractivity (Wildman–Crippen MR) is 158 cm³/mol. The van der Waals surface area contributed by atoms with E-state index in [0.29, 0.717) is 5.41 Å². The number of carbonyl (C=O) groups excluding carboxylic acids is 2. The summed E-state index contributed by atoms with van der Waals surface area (Å²) >= 11 is 0. The van der Waals surface area contributed by atoms with E-state index < -0.39 is 6.04 Å². The summed E-state index contributed by atoms with van der Waals surface area (Å²) in [7, 11) is 0. The standard InChI is InChI=1S/C34H57NO5/c1-22(2)7-6-8-23(3)28-11-12-29-27-10-9-24-19-26(15-17-33(24,4)30(27)16-18-34(28,29)5)40-32(39)14-13-31(38)35-25(20-36)21-37/h9,22-23,25-30,36-37H,6-8,10-21H2,1-5H3,(H,35,38)/t23-,26+,27?,28-,29?,30?,33+,34-/m1/s1. The molecule has 228 valence electrons. The number of ether oxygens (including phenoxy) is 1. The molecule has 0 bridgehead atoms. The Morgan fingerprint density at radius 1 is 1.00 bits per heavy atom. The maximum atomic E-state index is 12.5. The largest absolute Gasteiger partial charge is 0.462 e. The molecule has 4 aliphatic carbocycles. The third-order valence-corrected chi connectivity index (χ3v) is 11.9. The second-order valence-corrected chi connectivity index (χ2v) is 14.8. The first-order chi connectivity index (χ1) is 19.0. The molecule has 4 rings (SSSR count). The van der Waals surface area contributed by atoms with Crippen molar-refractivity contribution in [3.8, 4) is 0 Å². The van der Waals surface area contributed by atoms with Gasteiger partial charge in [-0.15, -0.1) is 0 Å². The van der Waals surface area contributed by atoms with Gasteiger partial charge < -0.3 is 20.3 Å². The van der Waals surface area contributed by atoms with E-state index in [1.807, 2.05) is 0 Å². The van der Waals surface area contributed by atoms with Gasteiger partial charge in [0, 0.05) is 12.8 Å². The van der Waals surface area contributed by atoms with E-state index in [9.17, 15) is 9.59 Å². The molecule has 0 radical (unpaired) electrons. The summed E-state index contributed by atoms with van der Waals surface area (Å²) < 4.78 is 5.84. The molecule has 3 saturated carbocycles. The van der Waals surface area contributed by atoms with E-state index in [2.05, 4.69) is 46.0 Å². The van der Waals surface area contributed by atoms with Crippen LogP contribution < -0.4 is 5.32 Å². The molecule has 0 aromatic rings. The van der Waals surface area contributed by atoms with Crippen LogP contribution in [0.3, 0.4) is 0 Å². The number of aliphatic hydroxyl groups excluding tert-OH is 2. The summed E-state index contributed by atoms with van der Waals surface area (Å²) in [6, 6.07) is -0.688. The van der Waals surface area contributed by atoms with Crippen molar-refractivity contribution in [1.82, 2.24) is 5.32 Å². The molecular formula is C34H57NO5. The van der Waals surface area contributed by atoms with Gasteiger partial charge in [-0.3, -0.25) is 9.59 Å². The number of hydrogen-bond donors (Lipinski definition) is 3. The molecule has 0 aromatic carbocycles. The first-order valence-corrected chi connectivity index (χ1v) is 16.4. The third-order valence-electron chi connectivity index (χ3n) is 11.9. The van der Waals surface area contributed by atoms with E-state index in [1.54, 1.807) is 0 Å². The second-order valence-electron chi connectivity index (χ2n) is 14.8. The summed E-state index contributed by atoms with van der Waals surface area (Å²) in [5, 5.41) is 20.8. The zero-order chi connectivity index (χ0) is 29.1. The molecule has 0 saturated heterocycles. The van der Waals surface area contributed by atoms with Crippen LogP contribution in [-0.4, -0.2) is 47.4 Å². The highest BCUT2D eigenvalue weighted by Crippen LogP contribution is 2.67. The Bertz CT molecular complexity index is 912. The highest BCUT2D eigenvalue weighted by Gasteiger charge is 2.59. The van der Waals surface area contributed by atoms with Crippen molar-refractivity contribution < 1.29 is 24.5 Å². The smallest absolute Gasteiger partial charge is 0.306 e. The summed E-state index contributed by atoms with van der Waals surface area (Å²) in [4.78, 5) is 24.5. The van der Waals surface area contributed by atoms with Crippen LogP contribution in [-0.2, 0) is 14.3 Å². The molecule has 0 aromatic heterocycles. The third kappa shape index (κ3) is 6.64. The van der Waals surface area contributed by atoms with Crippen molar-refractivity contribution in [2.24, 2.45) is 46.3 Å². The Morgan fingerprint density at radius 2 is 1.75 bits per heavy atom. The van der Waals surface area contributed by atoms with E-state index >= 15 is 0 Å². The van der Waals surface area contributed by atoms with Crippen molar-refractivity contribution >= 4 is 11.9 Å². The van der Waals surface area contributed by atoms with Crippen molar-refractivity contribution in [1.29, 1.82) is 0 Å². The van der Waals surface area contributed by atoms with Gasteiger partial charge in [0.05, 0.1) is 25.7 Å². The van der Waals surface area contributed by atoms with Crippen molar-refractivity contribution in [2.45, 2.75) is 130 Å². The topological polar surface area (TPSA) is 95.9 Å². The summed E-state index contributed by atoms with van der Waals surface area (Å²) in [6.45, 7) is 11.7. The minimum absolute atomic E-state index is 0.00368. The fraction of sp³-hybridized carbons (Fsp3) is 0.882. The van der Waals surface area contributed by atoms with Crippen LogP contribution in [0.2, 0.25) is 0 Å². The molecule has 6 nitrogen and oxygen atoms in total. The number of amides is 1. The second kappa shape index (κ2) is 13.3. The average Bonchev–Trinajstić information content (AvgIpc) is 3.27. The molecular weight excluding hydrogens is 502 g/mol. The molecule has 6 heteroatoms. The van der Waals surface area contributed by atoms with Crippen LogP contribution in [0.5, 0.6) is 0 Å². The molecule has 0 heterocycles. The number of rotatable bonds is 12. The maximum absolute atomic E-state index is 12.5. The quantitative estimate of drug-likeness (QED) is 0.196. The van der Waals surface area contributed by atoms with Crippen LogP contribution in [0.15, 0.2) is 11.6 Å². The van der Waals surface area contributed by atoms with E-state index in [4.69, 9.17) is 14.9 Å². The van der Waals surface area contributed by atoms with E-state index in [0.717, 1.165) is 54.8 Å². The fourth-order valence-electron chi connectivity index (χ4n) is 9.66. The molecule has 1 amide bonds. The molecule has 3 unspecified atom stereocenters. The van der Waals surface area contributed by atoms with Gasteiger partial charge in [-0.25, -0.2) is 0 Å². The van der Waals surface area contributed by atoms with E-state index in [-0.39, 0.29) is 49.5 Å². The van der Waals surface area contributed by atoms with Crippen LogP contribution in [0.25, 0.3) is 0 Å². The van der Waals surface area contributed by atoms with Gasteiger partial charge in [-0.2, -0.15) is 0 Å². The van der Waals surface area contributed by atoms with Crippen LogP contribution in [0.1, 0.15) is 118 Å². The molecule has 4 aliphatic rings. The highest BCUT2D eigenvalue weighted by molar-refractivity contribution is 5.81. The van der Waals surface area contributed by atoms with Gasteiger partial charge in [-0.05, 0) is 91.3 Å². The van der Waals surface area contributed by atoms with Crippen molar-refractivity contribution in [3.05, 3.63) is 11.6 Å². The summed E-state index contributed by atoms with van der Waals surface area (Å²) in [5.41, 5.74) is 2.22. The Labute approximate surface area is 243 Å². The van der Waals surface area contributed by atoms with Crippen molar-refractivity contribution in [2.75, 3.05) is 13.2 Å². The SMILES string of the molecule is CC(C)CCC[C@@H](C)[C@H]1CCC2C3CC=C4C[C@@H](OC(=O)CCC(=O)NC(CO)CO)CC[C@]4(C)C3CC[C@@]21C. The lowest BCUT2D eigenvalue weighted by atomic mass is 9.47. The first kappa shape index (κ1) is 31.5. The Kier molecular flexibility index (Phi) is 10.5. The lowest BCUT2D eigenvalue weighted by Gasteiger charge is -2.58. The van der Waals surface area contributed by atoms with Gasteiger partial charge in [0.2, 0.25) is 5.91 Å². The Balaban J connectivity index is 1.32. The minimum Gasteiger partial charge on any atom is -0.462 e. The maximum Gasteiger partial charge on any atom is 0.306 e. The lowest BCUT2D eigenvalue weighted by Crippen LogP contribution is -2.51. The number of nitrogens with one attached hydrogen (secondary N) is 1. The summed E-state index contributed by atoms with van der Waals surface area (Å²) in [5.74, 6) is 4.20. The monoisotopic (exact) mass is 559 g/mol. The summed E-state index contributed by atoms with van der Waals surface area (Å²) in [6.07, 6.45) is 16.1. The van der Waals surface area contributed by atoms with Crippen LogP contribution >= 0.6 is 0 Å². The molecule has 8 atom stereocenters. The number of esters is 1. The lowest BCUT2D eigenvalue weighted by molar-refractivity contribution is -0.152. The van der Waals surface area contributed by atoms with Gasteiger partial charge in [0.1, 0.15) is 6.10 Å². The number of aliphatic hydroxyl groups is 2. The number of hydrogen-bond acceptors (Lipinski definition) is 5. The number of fused-ring (bicyclic) bond motifs is 5. The molecule has 3 fully saturated rings. The molecule has 3 N–H and O–H groups in total. The zero-order valence-electron chi connectivity index (χ0n) is 25.9. The normalized spacial score (nSPS) is 35.9. The van der Waals surface area contributed by atoms with Crippen LogP contribution in [0, 0.1) is 46.3 Å². The van der Waals surface area contributed by atoms with Crippen LogP contribution in [0.4, 0.5) is 0 Å². The first-order valence-electron chi connectivity index (χ1n) is 16.4. The average molecular weight is 560 g/mol. The van der Waals surface area contributed by atoms with E-state index in [1.165, 1.54) is 56.9 Å². The Morgan fingerprint density at radius 3 is 2.45 bits per heavy atom. The predicted octanol–water partition coefficient (Wildman–Crippen LogP) is 6.19. The molecule has 0 aliphatic heterocycles. The molecule has 40 heavy (non-hydrogen) atoms. The van der Waals surface area contributed by atoms with Crippen molar-refractivity contribution in [3.63, 3.8) is 0 Å². The highest BCUT2D eigenvalue weighted by atomic mass is 16.5. The zero-order valence-corrected chi connectivity index (χ0v) is 25.9. The number of carbonyl (C=O) groups is 2. The molecule has 0 spiro atoms. The van der Waals surface area contributed by atoms with Gasteiger partial charge in [0.25, 0.3) is 0 Å². The fourth-order valence-corrected chi connectivity index (χ4v) is 9.66. The number of allylic oxidation sites excluding steroid dienone is 1. The Hall–Kier alpha value is -1.40. The van der Waals surface area contributed by atoms with Gasteiger partial charge in [-0.1, -0.05) is 65.5 Å². The minimum atomic E-state index is -0.688. The van der Waals surface area contributed by atoms with Gasteiger partial charge in [0.15, 0.2) is 0 Å².